The molecule has 110 valence electrons. The zero-order valence-electron chi connectivity index (χ0n) is 11.1. The van der Waals surface area contributed by atoms with Crippen molar-refractivity contribution >= 4 is 5.91 Å². The van der Waals surface area contributed by atoms with Crippen molar-refractivity contribution in [3.05, 3.63) is 41.7 Å². The van der Waals surface area contributed by atoms with Crippen molar-refractivity contribution in [2.24, 2.45) is 5.73 Å². The Kier molecular flexibility index (Phi) is 3.42. The average Bonchev–Trinajstić information content (AvgIpc) is 3.10. The first kappa shape index (κ1) is 13.7. The molecule has 21 heavy (non-hydrogen) atoms. The van der Waals surface area contributed by atoms with Gasteiger partial charge in [-0.05, 0) is 24.6 Å². The van der Waals surface area contributed by atoms with Gasteiger partial charge in [-0.3, -0.25) is 4.79 Å². The van der Waals surface area contributed by atoms with E-state index in [-0.39, 0.29) is 29.0 Å². The van der Waals surface area contributed by atoms with E-state index in [0.29, 0.717) is 13.1 Å². The Morgan fingerprint density at radius 2 is 2.19 bits per heavy atom. The van der Waals surface area contributed by atoms with E-state index in [1.807, 2.05) is 0 Å². The molecule has 0 aliphatic carbocycles. The predicted molar refractivity (Wildman–Crippen MR) is 70.4 cm³/mol. The number of nitrogens with two attached hydrogens (primary N) is 1. The maximum atomic E-state index is 13.7. The molecule has 0 unspecified atom stereocenters. The van der Waals surface area contributed by atoms with Crippen LogP contribution in [0, 0.1) is 11.6 Å². The van der Waals surface area contributed by atoms with Gasteiger partial charge < -0.3 is 15.2 Å². The summed E-state index contributed by atoms with van der Waals surface area (Å²) in [6, 6.07) is 4.28. The lowest BCUT2D eigenvalue weighted by molar-refractivity contribution is 0.0749. The van der Waals surface area contributed by atoms with Crippen LogP contribution in [0.2, 0.25) is 0 Å². The highest BCUT2D eigenvalue weighted by Crippen LogP contribution is 2.24. The summed E-state index contributed by atoms with van der Waals surface area (Å²) in [5.74, 6) is -1.58. The second kappa shape index (κ2) is 5.25. The van der Waals surface area contributed by atoms with Crippen LogP contribution in [-0.4, -0.2) is 35.1 Å². The van der Waals surface area contributed by atoms with E-state index >= 15 is 0 Å². The van der Waals surface area contributed by atoms with Crippen LogP contribution in [0.15, 0.2) is 28.8 Å². The molecule has 7 heteroatoms. The number of likely N-dealkylation sites (tertiary alicyclic amines) is 1. The highest BCUT2D eigenvalue weighted by molar-refractivity contribution is 5.92. The van der Waals surface area contributed by atoms with Crippen LogP contribution in [0.5, 0.6) is 0 Å². The number of amides is 1. The number of aromatic nitrogens is 1. The Morgan fingerprint density at radius 3 is 2.90 bits per heavy atom. The number of carbonyl (C=O) groups excluding carboxylic acids is 1. The summed E-state index contributed by atoms with van der Waals surface area (Å²) in [6.45, 7) is 0.994. The molecule has 1 saturated heterocycles. The number of nitrogens with zero attached hydrogens (tertiary/aromatic N) is 2. The summed E-state index contributed by atoms with van der Waals surface area (Å²) in [5.41, 5.74) is 5.78. The van der Waals surface area contributed by atoms with E-state index in [1.165, 1.54) is 6.07 Å². The molecule has 5 nitrogen and oxygen atoms in total. The Labute approximate surface area is 119 Å². The summed E-state index contributed by atoms with van der Waals surface area (Å²) in [6.07, 6.45) is 0.727. The molecule has 0 bridgehead atoms. The number of rotatable bonds is 2. The van der Waals surface area contributed by atoms with Crippen molar-refractivity contribution in [1.29, 1.82) is 0 Å². The maximum Gasteiger partial charge on any atom is 0.292 e. The molecule has 0 saturated carbocycles. The normalized spacial score (nSPS) is 18.2. The third-order valence-corrected chi connectivity index (χ3v) is 3.44. The monoisotopic (exact) mass is 293 g/mol. The molecule has 1 aliphatic heterocycles. The van der Waals surface area contributed by atoms with Gasteiger partial charge in [-0.25, -0.2) is 8.78 Å². The third kappa shape index (κ3) is 2.64. The van der Waals surface area contributed by atoms with Gasteiger partial charge in [0.05, 0.1) is 0 Å². The lowest BCUT2D eigenvalue weighted by Gasteiger charge is -2.12. The quantitative estimate of drug-likeness (QED) is 0.916. The Balaban J connectivity index is 1.86. The number of carbonyl (C=O) groups is 1. The topological polar surface area (TPSA) is 72.4 Å². The van der Waals surface area contributed by atoms with Crippen molar-refractivity contribution in [3.63, 3.8) is 0 Å². The zero-order chi connectivity index (χ0) is 15.0. The van der Waals surface area contributed by atoms with Gasteiger partial charge in [0.15, 0.2) is 0 Å². The Hall–Kier alpha value is -2.28. The fourth-order valence-corrected chi connectivity index (χ4v) is 2.32. The molecule has 3 rings (SSSR count). The predicted octanol–water partition coefficient (Wildman–Crippen LogP) is 1.79. The third-order valence-electron chi connectivity index (χ3n) is 3.44. The maximum absolute atomic E-state index is 13.7. The molecule has 0 radical (unpaired) electrons. The van der Waals surface area contributed by atoms with E-state index < -0.39 is 11.6 Å². The van der Waals surface area contributed by atoms with Gasteiger partial charge in [0.2, 0.25) is 5.76 Å². The minimum Gasteiger partial charge on any atom is -0.350 e. The molecule has 2 N–H and O–H groups in total. The molecule has 2 heterocycles. The van der Waals surface area contributed by atoms with Gasteiger partial charge in [0.25, 0.3) is 5.91 Å². The summed E-state index contributed by atoms with van der Waals surface area (Å²) >= 11 is 0. The first-order valence-corrected chi connectivity index (χ1v) is 6.51. The van der Waals surface area contributed by atoms with Crippen LogP contribution in [0.25, 0.3) is 11.3 Å². The summed E-state index contributed by atoms with van der Waals surface area (Å²) in [5, 5.41) is 3.64. The van der Waals surface area contributed by atoms with Gasteiger partial charge >= 0.3 is 0 Å². The van der Waals surface area contributed by atoms with Gasteiger partial charge in [-0.15, -0.1) is 0 Å². The van der Waals surface area contributed by atoms with Gasteiger partial charge in [0, 0.05) is 30.8 Å². The number of hydrogen-bond donors (Lipinski definition) is 1. The van der Waals surface area contributed by atoms with Crippen molar-refractivity contribution in [3.8, 4) is 11.3 Å². The average molecular weight is 293 g/mol. The van der Waals surface area contributed by atoms with Crippen molar-refractivity contribution in [1.82, 2.24) is 10.1 Å². The first-order chi connectivity index (χ1) is 10.0. The zero-order valence-corrected chi connectivity index (χ0v) is 11.1. The van der Waals surface area contributed by atoms with E-state index in [4.69, 9.17) is 10.3 Å². The van der Waals surface area contributed by atoms with Crippen LogP contribution in [0.4, 0.5) is 8.78 Å². The molecule has 1 fully saturated rings. The van der Waals surface area contributed by atoms with Crippen LogP contribution in [0.3, 0.4) is 0 Å². The van der Waals surface area contributed by atoms with E-state index in [0.717, 1.165) is 24.6 Å². The van der Waals surface area contributed by atoms with Gasteiger partial charge in [-0.2, -0.15) is 0 Å². The highest BCUT2D eigenvalue weighted by atomic mass is 19.1. The molecule has 1 atom stereocenters. The van der Waals surface area contributed by atoms with E-state index in [9.17, 15) is 13.6 Å². The Morgan fingerprint density at radius 1 is 1.38 bits per heavy atom. The largest absolute Gasteiger partial charge is 0.350 e. The van der Waals surface area contributed by atoms with Crippen LogP contribution in [-0.2, 0) is 0 Å². The molecule has 1 aromatic carbocycles. The van der Waals surface area contributed by atoms with Crippen LogP contribution < -0.4 is 5.73 Å². The highest BCUT2D eigenvalue weighted by Gasteiger charge is 2.27. The SMILES string of the molecule is N[C@@H]1CCN(C(=O)c2cc(-c3cc(F)ccc3F)no2)C1. The second-order valence-electron chi connectivity index (χ2n) is 5.00. The minimum atomic E-state index is -0.633. The molecular formula is C14H13F2N3O2. The van der Waals surface area contributed by atoms with Gasteiger partial charge in [0.1, 0.15) is 17.3 Å². The fraction of sp³-hybridized carbons (Fsp3) is 0.286. The Bertz CT molecular complexity index is 687. The number of halogens is 2. The molecular weight excluding hydrogens is 280 g/mol. The van der Waals surface area contributed by atoms with E-state index in [1.54, 1.807) is 4.90 Å². The molecule has 1 aliphatic rings. The standard InChI is InChI=1S/C14H13F2N3O2/c15-8-1-2-11(16)10(5-8)12-6-13(21-18-12)14(20)19-4-3-9(17)7-19/h1-2,5-6,9H,3-4,7,17H2/t9-/m1/s1. The number of hydrogen-bond acceptors (Lipinski definition) is 4. The molecule has 1 aromatic heterocycles. The summed E-state index contributed by atoms with van der Waals surface area (Å²) < 4.78 is 31.8. The van der Waals surface area contributed by atoms with Crippen molar-refractivity contribution in [2.75, 3.05) is 13.1 Å². The summed E-state index contributed by atoms with van der Waals surface area (Å²) in [4.78, 5) is 13.7. The minimum absolute atomic E-state index is 0.0113. The number of benzene rings is 1. The fourth-order valence-electron chi connectivity index (χ4n) is 2.32. The van der Waals surface area contributed by atoms with Gasteiger partial charge in [-0.1, -0.05) is 5.16 Å². The van der Waals surface area contributed by atoms with E-state index in [2.05, 4.69) is 5.16 Å². The lowest BCUT2D eigenvalue weighted by atomic mass is 10.1. The molecule has 2 aromatic rings. The van der Waals surface area contributed by atoms with Crippen molar-refractivity contribution in [2.45, 2.75) is 12.5 Å². The van der Waals surface area contributed by atoms with Crippen molar-refractivity contribution < 1.29 is 18.1 Å². The van der Waals surface area contributed by atoms with Crippen LogP contribution >= 0.6 is 0 Å². The second-order valence-corrected chi connectivity index (χ2v) is 5.00. The first-order valence-electron chi connectivity index (χ1n) is 6.51. The smallest absolute Gasteiger partial charge is 0.292 e. The summed E-state index contributed by atoms with van der Waals surface area (Å²) in [7, 11) is 0. The van der Waals surface area contributed by atoms with Crippen LogP contribution in [0.1, 0.15) is 17.0 Å². The lowest BCUT2D eigenvalue weighted by Crippen LogP contribution is -2.31. The molecule has 0 spiro atoms. The molecule has 1 amide bonds.